The first-order valence-electron chi connectivity index (χ1n) is 2.39. The molecule has 0 aromatic carbocycles. The van der Waals surface area contributed by atoms with Crippen molar-refractivity contribution in [2.24, 2.45) is 0 Å². The average Bonchev–Trinajstić information content (AvgIpc) is 1.86. The first kappa shape index (κ1) is 12.8. The number of rotatable bonds is 0. The van der Waals surface area contributed by atoms with Gasteiger partial charge in [-0.1, -0.05) is 12.8 Å². The van der Waals surface area contributed by atoms with Crippen molar-refractivity contribution in [2.75, 3.05) is 6.54 Å². The minimum atomic E-state index is 0. The Morgan fingerprint density at radius 1 is 1.38 bits per heavy atom. The minimum absolute atomic E-state index is 0. The molecule has 8 heavy (non-hydrogen) atoms. The molecule has 1 atom stereocenters. The van der Waals surface area contributed by atoms with Gasteiger partial charge >= 0.3 is 0 Å². The maximum Gasteiger partial charge on any atom is 0 e. The molecule has 0 spiro atoms. The van der Waals surface area contributed by atoms with Crippen LogP contribution in [-0.4, -0.2) is 12.6 Å². The molecule has 0 aromatic heterocycles. The molecule has 1 unspecified atom stereocenters. The third-order valence-corrected chi connectivity index (χ3v) is 1.08. The number of hydrogen-bond acceptors (Lipinski definition) is 0. The van der Waals surface area contributed by atoms with E-state index in [2.05, 4.69) is 12.2 Å². The maximum absolute atomic E-state index is 4.12. The normalized spacial score (nSPS) is 25.9. The van der Waals surface area contributed by atoms with Gasteiger partial charge in [0.15, 0.2) is 0 Å². The molecule has 0 saturated carbocycles. The monoisotopic (exact) mass is 261 g/mol. The molecular formula is C5H9NY2-2. The van der Waals surface area contributed by atoms with Crippen LogP contribution in [-0.2, 0) is 65.4 Å². The van der Waals surface area contributed by atoms with Crippen LogP contribution >= 0.6 is 0 Å². The quantitative estimate of drug-likeness (QED) is 0.584. The van der Waals surface area contributed by atoms with Gasteiger partial charge in [-0.3, -0.25) is 6.04 Å². The smallest absolute Gasteiger partial charge is 0 e. The first-order valence-corrected chi connectivity index (χ1v) is 2.39. The summed E-state index contributed by atoms with van der Waals surface area (Å²) in [5.74, 6) is 0. The molecule has 1 nitrogen and oxygen atoms in total. The first-order chi connectivity index (χ1) is 2.89. The Bertz CT molecular complexity index is 43.7. The Labute approximate surface area is 102 Å². The van der Waals surface area contributed by atoms with E-state index < -0.39 is 0 Å². The van der Waals surface area contributed by atoms with Crippen molar-refractivity contribution in [3.63, 3.8) is 0 Å². The largest absolute Gasteiger partial charge is 0.686 e. The van der Waals surface area contributed by atoms with Crippen molar-refractivity contribution < 1.29 is 65.4 Å². The van der Waals surface area contributed by atoms with Gasteiger partial charge in [0.2, 0.25) is 0 Å². The van der Waals surface area contributed by atoms with Crippen LogP contribution in [0.5, 0.6) is 0 Å². The predicted molar refractivity (Wildman–Crippen MR) is 26.6 cm³/mol. The van der Waals surface area contributed by atoms with Crippen LogP contribution < -0.4 is 0 Å². The van der Waals surface area contributed by atoms with Crippen LogP contribution in [0.25, 0.3) is 5.32 Å². The van der Waals surface area contributed by atoms with Gasteiger partial charge in [0.05, 0.1) is 0 Å². The van der Waals surface area contributed by atoms with Crippen LogP contribution in [0.15, 0.2) is 0 Å². The van der Waals surface area contributed by atoms with Crippen LogP contribution in [0.1, 0.15) is 12.8 Å². The summed E-state index contributed by atoms with van der Waals surface area (Å²) >= 11 is 0. The molecule has 0 aromatic rings. The average molecular weight is 261 g/mol. The summed E-state index contributed by atoms with van der Waals surface area (Å²) in [6, 6.07) is 0.421. The van der Waals surface area contributed by atoms with E-state index in [1.165, 1.54) is 12.8 Å². The molecule has 1 fully saturated rings. The number of hydrogen-bond donors (Lipinski definition) is 0. The molecule has 3 heteroatoms. The SMILES string of the molecule is [CH2-]C1CCC[N-]1.[Y].[Y]. The van der Waals surface area contributed by atoms with Gasteiger partial charge in [-0.2, -0.15) is 6.54 Å². The fourth-order valence-electron chi connectivity index (χ4n) is 0.692. The Morgan fingerprint density at radius 3 is 2.12 bits per heavy atom. The summed E-state index contributed by atoms with van der Waals surface area (Å²) in [5.41, 5.74) is 0. The molecule has 1 heterocycles. The molecule has 42 valence electrons. The van der Waals surface area contributed by atoms with E-state index in [0.29, 0.717) is 6.04 Å². The fourth-order valence-corrected chi connectivity index (χ4v) is 0.692. The van der Waals surface area contributed by atoms with Gasteiger partial charge < -0.3 is 12.2 Å². The molecule has 1 aliphatic heterocycles. The van der Waals surface area contributed by atoms with E-state index in [0.717, 1.165) is 6.54 Å². The molecule has 1 saturated heterocycles. The molecular weight excluding hydrogens is 252 g/mol. The van der Waals surface area contributed by atoms with E-state index in [-0.39, 0.29) is 65.4 Å². The summed E-state index contributed by atoms with van der Waals surface area (Å²) < 4.78 is 0. The van der Waals surface area contributed by atoms with E-state index in [9.17, 15) is 0 Å². The predicted octanol–water partition coefficient (Wildman–Crippen LogP) is 1.35. The van der Waals surface area contributed by atoms with Crippen LogP contribution in [0.4, 0.5) is 0 Å². The number of nitrogens with zero attached hydrogens (tertiary/aromatic N) is 1. The van der Waals surface area contributed by atoms with Gasteiger partial charge in [-0.25, -0.2) is 0 Å². The molecule has 0 N–H and O–H groups in total. The fraction of sp³-hybridized carbons (Fsp3) is 0.800. The third kappa shape index (κ3) is 4.99. The summed E-state index contributed by atoms with van der Waals surface area (Å²) in [4.78, 5) is 0. The molecule has 0 bridgehead atoms. The van der Waals surface area contributed by atoms with Gasteiger partial charge in [-0.15, -0.1) is 0 Å². The van der Waals surface area contributed by atoms with Crippen molar-refractivity contribution in [2.45, 2.75) is 18.9 Å². The van der Waals surface area contributed by atoms with Gasteiger partial charge in [-0.05, 0) is 0 Å². The summed E-state index contributed by atoms with van der Waals surface area (Å²) in [6.45, 7) is 4.82. The van der Waals surface area contributed by atoms with Gasteiger partial charge in [0.25, 0.3) is 0 Å². The van der Waals surface area contributed by atoms with Crippen molar-refractivity contribution in [1.82, 2.24) is 0 Å². The molecule has 0 amide bonds. The van der Waals surface area contributed by atoms with E-state index in [4.69, 9.17) is 0 Å². The van der Waals surface area contributed by atoms with Crippen molar-refractivity contribution in [3.8, 4) is 0 Å². The summed E-state index contributed by atoms with van der Waals surface area (Å²) in [6.07, 6.45) is 2.47. The zero-order chi connectivity index (χ0) is 4.41. The molecule has 2 radical (unpaired) electrons. The Balaban J connectivity index is 0. The second-order valence-corrected chi connectivity index (χ2v) is 1.70. The van der Waals surface area contributed by atoms with Crippen molar-refractivity contribution in [3.05, 3.63) is 12.2 Å². The standard InChI is InChI=1S/C5H9N.2Y/c1-5-3-2-4-6-5;;/h5H,1-4H2;;/q-2;;. The zero-order valence-electron chi connectivity index (χ0n) is 5.01. The maximum atomic E-state index is 4.12. The second kappa shape index (κ2) is 7.28. The zero-order valence-corrected chi connectivity index (χ0v) is 10.7. The van der Waals surface area contributed by atoms with Crippen LogP contribution in [0, 0.1) is 6.92 Å². The van der Waals surface area contributed by atoms with Gasteiger partial charge in [0, 0.05) is 65.4 Å². The van der Waals surface area contributed by atoms with E-state index in [1.807, 2.05) is 0 Å². The Morgan fingerprint density at radius 2 is 2.00 bits per heavy atom. The van der Waals surface area contributed by atoms with Crippen LogP contribution in [0.3, 0.4) is 0 Å². The summed E-state index contributed by atoms with van der Waals surface area (Å²) in [7, 11) is 0. The third-order valence-electron chi connectivity index (χ3n) is 1.08. The topological polar surface area (TPSA) is 14.1 Å². The Hall–Kier alpha value is 2.17. The van der Waals surface area contributed by atoms with Crippen molar-refractivity contribution in [1.29, 1.82) is 0 Å². The minimum Gasteiger partial charge on any atom is -0.686 e. The van der Waals surface area contributed by atoms with Crippen molar-refractivity contribution >= 4 is 0 Å². The second-order valence-electron chi connectivity index (χ2n) is 1.70. The summed E-state index contributed by atoms with van der Waals surface area (Å²) in [5, 5.41) is 4.12. The van der Waals surface area contributed by atoms with Crippen LogP contribution in [0.2, 0.25) is 0 Å². The molecule has 1 rings (SSSR count). The van der Waals surface area contributed by atoms with E-state index >= 15 is 0 Å². The molecule has 1 aliphatic rings. The van der Waals surface area contributed by atoms with Gasteiger partial charge in [0.1, 0.15) is 0 Å². The molecule has 0 aliphatic carbocycles. The van der Waals surface area contributed by atoms with E-state index in [1.54, 1.807) is 0 Å². The Kier molecular flexibility index (Phi) is 11.7.